The van der Waals surface area contributed by atoms with Gasteiger partial charge in [-0.05, 0) is 19.3 Å². The van der Waals surface area contributed by atoms with E-state index in [-0.39, 0.29) is 37.9 Å². The zero-order valence-corrected chi connectivity index (χ0v) is 13.3. The van der Waals surface area contributed by atoms with Crippen LogP contribution in [0.3, 0.4) is 0 Å². The van der Waals surface area contributed by atoms with Gasteiger partial charge in [0.15, 0.2) is 0 Å². The molecule has 0 aromatic carbocycles. The second kappa shape index (κ2) is 8.30. The Kier molecular flexibility index (Phi) is 6.67. The number of alkyl halides is 3. The van der Waals surface area contributed by atoms with Crippen molar-refractivity contribution in [1.82, 2.24) is 15.1 Å². The Hall–Kier alpha value is -0.860. The van der Waals surface area contributed by atoms with Gasteiger partial charge in [0.2, 0.25) is 5.91 Å². The van der Waals surface area contributed by atoms with Crippen LogP contribution >= 0.6 is 0 Å². The van der Waals surface area contributed by atoms with Crippen molar-refractivity contribution < 1.29 is 23.1 Å². The number of nitrogens with zero attached hydrogens (tertiary/aromatic N) is 2. The van der Waals surface area contributed by atoms with E-state index >= 15 is 0 Å². The summed E-state index contributed by atoms with van der Waals surface area (Å²) in [5.41, 5.74) is 0. The fourth-order valence-electron chi connectivity index (χ4n) is 3.41. The number of aliphatic hydroxyl groups is 1. The molecule has 1 amide bonds. The van der Waals surface area contributed by atoms with E-state index < -0.39 is 12.1 Å². The number of piperazine rings is 1. The highest BCUT2D eigenvalue weighted by molar-refractivity contribution is 5.78. The van der Waals surface area contributed by atoms with Gasteiger partial charge in [0.05, 0.1) is 19.1 Å². The summed E-state index contributed by atoms with van der Waals surface area (Å²) in [6.45, 7) is 4.08. The maximum Gasteiger partial charge on any atom is 0.391 e. The Morgan fingerprint density at radius 1 is 1.13 bits per heavy atom. The van der Waals surface area contributed by atoms with Gasteiger partial charge in [-0.1, -0.05) is 6.42 Å². The number of halogens is 3. The summed E-state index contributed by atoms with van der Waals surface area (Å²) in [5.74, 6) is -1.47. The Morgan fingerprint density at radius 2 is 1.78 bits per heavy atom. The first-order valence-electron chi connectivity index (χ1n) is 8.30. The molecule has 2 N–H and O–H groups in total. The van der Waals surface area contributed by atoms with Crippen molar-refractivity contribution in [3.63, 3.8) is 0 Å². The summed E-state index contributed by atoms with van der Waals surface area (Å²) in [6.07, 6.45) is -2.85. The SMILES string of the molecule is O=C(CN1CCN(CCO)CC1)NC1CCCC(C(F)(F)F)C1. The molecule has 2 atom stereocenters. The number of hydrogen-bond donors (Lipinski definition) is 2. The maximum atomic E-state index is 12.8. The van der Waals surface area contributed by atoms with Gasteiger partial charge in [-0.15, -0.1) is 0 Å². The highest BCUT2D eigenvalue weighted by Gasteiger charge is 2.42. The van der Waals surface area contributed by atoms with Crippen LogP contribution in [0.15, 0.2) is 0 Å². The fourth-order valence-corrected chi connectivity index (χ4v) is 3.41. The molecule has 0 spiro atoms. The largest absolute Gasteiger partial charge is 0.395 e. The molecule has 23 heavy (non-hydrogen) atoms. The zero-order chi connectivity index (χ0) is 16.9. The van der Waals surface area contributed by atoms with Crippen molar-refractivity contribution in [3.8, 4) is 0 Å². The first-order valence-corrected chi connectivity index (χ1v) is 8.30. The molecule has 0 radical (unpaired) electrons. The summed E-state index contributed by atoms with van der Waals surface area (Å²) in [4.78, 5) is 16.2. The minimum Gasteiger partial charge on any atom is -0.395 e. The van der Waals surface area contributed by atoms with Crippen LogP contribution in [0.25, 0.3) is 0 Å². The Morgan fingerprint density at radius 3 is 2.39 bits per heavy atom. The molecular weight excluding hydrogens is 311 g/mol. The lowest BCUT2D eigenvalue weighted by Gasteiger charge is -2.35. The van der Waals surface area contributed by atoms with Gasteiger partial charge in [0, 0.05) is 38.8 Å². The van der Waals surface area contributed by atoms with E-state index in [9.17, 15) is 18.0 Å². The van der Waals surface area contributed by atoms with Gasteiger partial charge in [0.1, 0.15) is 0 Å². The monoisotopic (exact) mass is 337 g/mol. The van der Waals surface area contributed by atoms with Crippen LogP contribution in [0.5, 0.6) is 0 Å². The summed E-state index contributed by atoms with van der Waals surface area (Å²) in [6, 6.07) is -0.362. The van der Waals surface area contributed by atoms with E-state index in [0.717, 1.165) is 26.2 Å². The minimum atomic E-state index is -4.16. The van der Waals surface area contributed by atoms with Crippen LogP contribution in [-0.2, 0) is 4.79 Å². The van der Waals surface area contributed by atoms with Crippen LogP contribution in [0.4, 0.5) is 13.2 Å². The van der Waals surface area contributed by atoms with Crippen molar-refractivity contribution >= 4 is 5.91 Å². The number of hydrogen-bond acceptors (Lipinski definition) is 4. The molecule has 1 heterocycles. The lowest BCUT2D eigenvalue weighted by Crippen LogP contribution is -2.51. The molecule has 0 bridgehead atoms. The molecule has 2 aliphatic rings. The molecule has 134 valence electrons. The maximum absolute atomic E-state index is 12.8. The fraction of sp³-hybridized carbons (Fsp3) is 0.933. The Bertz CT molecular complexity index is 385. The van der Waals surface area contributed by atoms with E-state index in [2.05, 4.69) is 10.2 Å². The lowest BCUT2D eigenvalue weighted by atomic mass is 9.85. The number of amides is 1. The number of nitrogens with one attached hydrogen (secondary N) is 1. The molecule has 8 heteroatoms. The first kappa shape index (κ1) is 18.5. The average Bonchev–Trinajstić information content (AvgIpc) is 2.49. The highest BCUT2D eigenvalue weighted by Crippen LogP contribution is 2.37. The molecule has 2 rings (SSSR count). The van der Waals surface area contributed by atoms with E-state index in [1.807, 2.05) is 4.90 Å². The quantitative estimate of drug-likeness (QED) is 0.780. The molecule has 1 saturated heterocycles. The van der Waals surface area contributed by atoms with Gasteiger partial charge in [-0.3, -0.25) is 14.6 Å². The molecule has 1 aliphatic heterocycles. The second-order valence-corrected chi connectivity index (χ2v) is 6.51. The number of rotatable bonds is 5. The molecule has 2 fully saturated rings. The molecule has 1 aliphatic carbocycles. The molecule has 1 saturated carbocycles. The molecule has 0 aromatic heterocycles. The van der Waals surface area contributed by atoms with Gasteiger partial charge < -0.3 is 10.4 Å². The summed E-state index contributed by atoms with van der Waals surface area (Å²) < 4.78 is 38.3. The zero-order valence-electron chi connectivity index (χ0n) is 13.3. The Balaban J connectivity index is 1.71. The van der Waals surface area contributed by atoms with E-state index in [0.29, 0.717) is 19.4 Å². The predicted molar refractivity (Wildman–Crippen MR) is 79.9 cm³/mol. The van der Waals surface area contributed by atoms with Crippen molar-refractivity contribution in [2.45, 2.75) is 37.9 Å². The third-order valence-electron chi connectivity index (χ3n) is 4.75. The normalized spacial score (nSPS) is 27.8. The molecule has 5 nitrogen and oxygen atoms in total. The average molecular weight is 337 g/mol. The van der Waals surface area contributed by atoms with Crippen molar-refractivity contribution in [1.29, 1.82) is 0 Å². The van der Waals surface area contributed by atoms with E-state index in [4.69, 9.17) is 5.11 Å². The first-order chi connectivity index (χ1) is 10.9. The van der Waals surface area contributed by atoms with Crippen molar-refractivity contribution in [2.75, 3.05) is 45.9 Å². The summed E-state index contributed by atoms with van der Waals surface area (Å²) in [7, 11) is 0. The number of β-amino-alcohol motifs (C(OH)–C–C–N with tert-alkyl or cyclic N) is 1. The summed E-state index contributed by atoms with van der Waals surface area (Å²) >= 11 is 0. The van der Waals surface area contributed by atoms with Gasteiger partial charge >= 0.3 is 6.18 Å². The van der Waals surface area contributed by atoms with Crippen LogP contribution < -0.4 is 5.32 Å². The lowest BCUT2D eigenvalue weighted by molar-refractivity contribution is -0.184. The number of carbonyl (C=O) groups excluding carboxylic acids is 1. The van der Waals surface area contributed by atoms with Crippen molar-refractivity contribution in [2.24, 2.45) is 5.92 Å². The number of carbonyl (C=O) groups is 1. The van der Waals surface area contributed by atoms with Gasteiger partial charge in [-0.25, -0.2) is 0 Å². The third kappa shape index (κ3) is 5.93. The summed E-state index contributed by atoms with van der Waals surface area (Å²) in [5, 5.41) is 11.7. The standard InChI is InChI=1S/C15H26F3N3O2/c16-15(17,18)12-2-1-3-13(10-12)19-14(23)11-21-6-4-20(5-7-21)8-9-22/h12-13,22H,1-11H2,(H,19,23). The van der Waals surface area contributed by atoms with Crippen LogP contribution in [-0.4, -0.2) is 78.9 Å². The highest BCUT2D eigenvalue weighted by atomic mass is 19.4. The predicted octanol–water partition coefficient (Wildman–Crippen LogP) is 0.834. The number of aliphatic hydroxyl groups excluding tert-OH is 1. The van der Waals surface area contributed by atoms with Gasteiger partial charge in [0.25, 0.3) is 0 Å². The van der Waals surface area contributed by atoms with E-state index in [1.54, 1.807) is 0 Å². The molecule has 0 aromatic rings. The third-order valence-corrected chi connectivity index (χ3v) is 4.75. The van der Waals surface area contributed by atoms with Crippen LogP contribution in [0.2, 0.25) is 0 Å². The molecule has 2 unspecified atom stereocenters. The molecular formula is C15H26F3N3O2. The van der Waals surface area contributed by atoms with Crippen LogP contribution in [0.1, 0.15) is 25.7 Å². The topological polar surface area (TPSA) is 55.8 Å². The van der Waals surface area contributed by atoms with Crippen LogP contribution in [0, 0.1) is 5.92 Å². The second-order valence-electron chi connectivity index (χ2n) is 6.51. The van der Waals surface area contributed by atoms with E-state index in [1.165, 1.54) is 0 Å². The smallest absolute Gasteiger partial charge is 0.391 e. The minimum absolute atomic E-state index is 0.000478. The van der Waals surface area contributed by atoms with Gasteiger partial charge in [-0.2, -0.15) is 13.2 Å². The Labute approximate surface area is 134 Å². The van der Waals surface area contributed by atoms with Crippen molar-refractivity contribution in [3.05, 3.63) is 0 Å².